The molecule has 1 atom stereocenters. The number of hydrogen-bond donors (Lipinski definition) is 2. The van der Waals surface area contributed by atoms with Gasteiger partial charge in [0.2, 0.25) is 0 Å². The van der Waals surface area contributed by atoms with Crippen LogP contribution in [0.4, 0.5) is 11.6 Å². The second kappa shape index (κ2) is 9.46. The number of nitrogens with zero attached hydrogens (tertiary/aromatic N) is 6. The van der Waals surface area contributed by atoms with Crippen LogP contribution in [0.15, 0.2) is 117 Å². The van der Waals surface area contributed by atoms with Crippen molar-refractivity contribution < 1.29 is 0 Å². The van der Waals surface area contributed by atoms with Crippen LogP contribution in [0.3, 0.4) is 0 Å². The first-order valence-electron chi connectivity index (χ1n) is 14.2. The van der Waals surface area contributed by atoms with Gasteiger partial charge >= 0.3 is 0 Å². The molecule has 6 bridgehead atoms. The molecule has 0 spiro atoms. The van der Waals surface area contributed by atoms with Gasteiger partial charge in [0.25, 0.3) is 0 Å². The molecular weight excluding hydrogens is 532 g/mol. The van der Waals surface area contributed by atoms with Crippen LogP contribution >= 0.6 is 0 Å². The van der Waals surface area contributed by atoms with Gasteiger partial charge in [-0.25, -0.2) is 20.0 Å². The van der Waals surface area contributed by atoms with Crippen LogP contribution in [0.25, 0.3) is 21.5 Å². The molecule has 8 heteroatoms. The molecule has 2 aliphatic heterocycles. The summed E-state index contributed by atoms with van der Waals surface area (Å²) in [5.74, 6) is 2.58. The van der Waals surface area contributed by atoms with Crippen LogP contribution in [0, 0.1) is 5.41 Å². The summed E-state index contributed by atoms with van der Waals surface area (Å²) in [6.07, 6.45) is -0.329. The fourth-order valence-electron chi connectivity index (χ4n) is 6.29. The number of rotatable bonds is 0. The molecule has 4 heterocycles. The molecule has 208 valence electrons. The molecule has 0 saturated carbocycles. The largest absolute Gasteiger partial charge is 0.346 e. The van der Waals surface area contributed by atoms with E-state index in [0.29, 0.717) is 16.9 Å². The highest BCUT2D eigenvalue weighted by molar-refractivity contribution is 6.13. The minimum Gasteiger partial charge on any atom is -0.346 e. The van der Waals surface area contributed by atoms with Gasteiger partial charge in [-0.05, 0) is 6.92 Å². The highest BCUT2D eigenvalue weighted by Gasteiger charge is 2.27. The Balaban J connectivity index is 1.49. The van der Waals surface area contributed by atoms with E-state index in [2.05, 4.69) is 40.2 Å². The van der Waals surface area contributed by atoms with E-state index in [1.807, 2.05) is 92.3 Å². The Labute approximate surface area is 247 Å². The topological polar surface area (TPSA) is 95.2 Å². The standard InChI is InChI=1S/C35H28N8/c1-20-21-12-4-5-13-22(21)29(36)38-33-26-17-9-11-19-28(26)35(43(33)3)41-31-24-15-7-6-14-23(24)30(39-31)40-34-27-18-10-8-16-25(27)32(37-20)42(34)2/h4-19,30,36,40H,1-3H3/b36-29?,37-20+,38-33-,41-35-. The number of aromatic nitrogens is 2. The van der Waals surface area contributed by atoms with Crippen LogP contribution in [0.5, 0.6) is 0 Å². The summed E-state index contributed by atoms with van der Waals surface area (Å²) in [6, 6.07) is 32.5. The van der Waals surface area contributed by atoms with Gasteiger partial charge in [0.1, 0.15) is 28.8 Å². The first kappa shape index (κ1) is 25.1. The Morgan fingerprint density at radius 2 is 1.21 bits per heavy atom. The van der Waals surface area contributed by atoms with E-state index in [9.17, 15) is 0 Å². The van der Waals surface area contributed by atoms with Crippen molar-refractivity contribution in [1.29, 1.82) is 5.41 Å². The molecule has 6 aromatic rings. The summed E-state index contributed by atoms with van der Waals surface area (Å²) in [7, 11) is 3.98. The number of anilines is 1. The summed E-state index contributed by atoms with van der Waals surface area (Å²) < 4.78 is 4.05. The zero-order valence-electron chi connectivity index (χ0n) is 24.0. The maximum atomic E-state index is 9.16. The highest BCUT2D eigenvalue weighted by Crippen LogP contribution is 2.39. The lowest BCUT2D eigenvalue weighted by Crippen LogP contribution is -2.26. The minimum absolute atomic E-state index is 0.162. The molecule has 8 nitrogen and oxygen atoms in total. The number of hydrogen-bond acceptors (Lipinski definition) is 5. The lowest BCUT2D eigenvalue weighted by Gasteiger charge is -2.15. The quantitative estimate of drug-likeness (QED) is 0.236. The second-order valence-electron chi connectivity index (χ2n) is 10.9. The second-order valence-corrected chi connectivity index (χ2v) is 10.9. The van der Waals surface area contributed by atoms with E-state index in [1.54, 1.807) is 0 Å². The predicted octanol–water partition coefficient (Wildman–Crippen LogP) is 5.96. The summed E-state index contributed by atoms with van der Waals surface area (Å²) in [5.41, 5.74) is 5.85. The summed E-state index contributed by atoms with van der Waals surface area (Å²) in [5, 5.41) is 16.9. The molecule has 2 aliphatic rings. The van der Waals surface area contributed by atoms with Gasteiger partial charge in [0.15, 0.2) is 11.7 Å². The summed E-state index contributed by atoms with van der Waals surface area (Å²) >= 11 is 0. The summed E-state index contributed by atoms with van der Waals surface area (Å²) in [4.78, 5) is 20.4. The maximum absolute atomic E-state index is 9.16. The Bertz CT molecular complexity index is 2330. The van der Waals surface area contributed by atoms with Crippen molar-refractivity contribution in [2.75, 3.05) is 5.32 Å². The third-order valence-electron chi connectivity index (χ3n) is 8.42. The van der Waals surface area contributed by atoms with Crippen LogP contribution < -0.4 is 16.3 Å². The molecule has 0 saturated heterocycles. The number of benzene rings is 4. The predicted molar refractivity (Wildman–Crippen MR) is 173 cm³/mol. The minimum atomic E-state index is -0.329. The normalized spacial score (nSPS) is 18.8. The molecular formula is C35H28N8. The molecule has 0 fully saturated rings. The highest BCUT2D eigenvalue weighted by atomic mass is 15.2. The molecule has 4 aromatic carbocycles. The van der Waals surface area contributed by atoms with E-state index in [1.165, 1.54) is 0 Å². The van der Waals surface area contributed by atoms with Gasteiger partial charge in [0.05, 0.1) is 0 Å². The van der Waals surface area contributed by atoms with Gasteiger partial charge in [-0.2, -0.15) is 0 Å². The summed E-state index contributed by atoms with van der Waals surface area (Å²) in [6.45, 7) is 1.99. The van der Waals surface area contributed by atoms with Crippen LogP contribution in [-0.2, 0) is 14.1 Å². The van der Waals surface area contributed by atoms with E-state index in [4.69, 9.17) is 25.4 Å². The molecule has 43 heavy (non-hydrogen) atoms. The first-order chi connectivity index (χ1) is 21.0. The number of amidine groups is 2. The van der Waals surface area contributed by atoms with Crippen LogP contribution in [0.1, 0.15) is 35.3 Å². The molecule has 2 aromatic heterocycles. The third kappa shape index (κ3) is 3.80. The lowest BCUT2D eigenvalue weighted by molar-refractivity contribution is 0.813. The van der Waals surface area contributed by atoms with E-state index in [-0.39, 0.29) is 12.0 Å². The van der Waals surface area contributed by atoms with Crippen molar-refractivity contribution in [3.8, 4) is 0 Å². The van der Waals surface area contributed by atoms with E-state index >= 15 is 0 Å². The Kier molecular flexibility index (Phi) is 5.52. The molecule has 2 N–H and O–H groups in total. The van der Waals surface area contributed by atoms with Crippen molar-refractivity contribution in [2.45, 2.75) is 13.1 Å². The van der Waals surface area contributed by atoms with Crippen molar-refractivity contribution in [3.63, 3.8) is 0 Å². The zero-order chi connectivity index (χ0) is 29.2. The molecule has 1 unspecified atom stereocenters. The zero-order valence-corrected chi connectivity index (χ0v) is 24.0. The van der Waals surface area contributed by atoms with Gasteiger partial charge in [0, 0.05) is 63.6 Å². The lowest BCUT2D eigenvalue weighted by atomic mass is 10.0. The third-order valence-corrected chi connectivity index (χ3v) is 8.42. The fourth-order valence-corrected chi connectivity index (χ4v) is 6.29. The first-order valence-corrected chi connectivity index (χ1v) is 14.2. The Morgan fingerprint density at radius 1 is 0.628 bits per heavy atom. The van der Waals surface area contributed by atoms with Gasteiger partial charge < -0.3 is 14.5 Å². The van der Waals surface area contributed by atoms with Crippen molar-refractivity contribution in [2.24, 2.45) is 34.1 Å². The number of nitrogens with one attached hydrogen (secondary N) is 2. The Morgan fingerprint density at radius 3 is 1.95 bits per heavy atom. The van der Waals surface area contributed by atoms with Gasteiger partial charge in [-0.1, -0.05) is 97.1 Å². The SMILES string of the molecule is C/C1=N\c2c3ccccc3c(n2C)NC2N=C(/N=c3/c4ccccc4/c(n3C)=N/C(=N)c3ccccc31)c1ccccc12. The van der Waals surface area contributed by atoms with Crippen molar-refractivity contribution >= 4 is 50.6 Å². The van der Waals surface area contributed by atoms with Gasteiger partial charge in [-0.15, -0.1) is 0 Å². The molecule has 0 aliphatic carbocycles. The monoisotopic (exact) mass is 560 g/mol. The number of fused-ring (bicyclic) bond motifs is 15. The van der Waals surface area contributed by atoms with E-state index < -0.39 is 0 Å². The maximum Gasteiger partial charge on any atom is 0.159 e. The molecule has 0 radical (unpaired) electrons. The fraction of sp³-hybridized carbons (Fsp3) is 0.114. The molecule has 8 rings (SSSR count). The van der Waals surface area contributed by atoms with E-state index in [0.717, 1.165) is 61.1 Å². The molecule has 0 amide bonds. The van der Waals surface area contributed by atoms with Crippen LogP contribution in [0.2, 0.25) is 0 Å². The van der Waals surface area contributed by atoms with Crippen LogP contribution in [-0.4, -0.2) is 26.5 Å². The number of aliphatic imine (C=N–C) groups is 2. The van der Waals surface area contributed by atoms with Crippen molar-refractivity contribution in [3.05, 3.63) is 130 Å². The smallest absolute Gasteiger partial charge is 0.159 e. The average molecular weight is 561 g/mol. The van der Waals surface area contributed by atoms with Crippen molar-refractivity contribution in [1.82, 2.24) is 9.13 Å². The van der Waals surface area contributed by atoms with Gasteiger partial charge in [-0.3, -0.25) is 5.41 Å². The Hall–Kier alpha value is -5.63. The average Bonchev–Trinajstić information content (AvgIpc) is 3.61.